The number of carbonyl (C=O) groups excluding carboxylic acids is 2. The molecule has 2 fully saturated rings. The highest BCUT2D eigenvalue weighted by Crippen LogP contribution is 2.30. The van der Waals surface area contributed by atoms with Crippen LogP contribution in [0, 0.1) is 11.3 Å². The number of morpholine rings is 1. The van der Waals surface area contributed by atoms with Gasteiger partial charge in [0.05, 0.1) is 37.8 Å². The van der Waals surface area contributed by atoms with Gasteiger partial charge in [0.25, 0.3) is 5.91 Å². The number of carbonyl (C=O) groups is 2. The largest absolute Gasteiger partial charge is 0.475 e. The number of rotatable bonds is 9. The maximum atomic E-state index is 13.1. The molecule has 2 aliphatic heterocycles. The molecule has 2 aromatic rings. The zero-order valence-corrected chi connectivity index (χ0v) is 20.5. The molecule has 4 rings (SSSR count). The fourth-order valence-corrected chi connectivity index (χ4v) is 4.80. The lowest BCUT2D eigenvalue weighted by atomic mass is 9.76. The molecular weight excluding hydrogens is 473 g/mol. The van der Waals surface area contributed by atoms with Crippen molar-refractivity contribution in [3.05, 3.63) is 76.9 Å². The molecule has 2 bridgehead atoms. The fourth-order valence-electron chi connectivity index (χ4n) is 4.80. The van der Waals surface area contributed by atoms with Gasteiger partial charge in [0.1, 0.15) is 11.6 Å². The van der Waals surface area contributed by atoms with Crippen molar-refractivity contribution in [3.63, 3.8) is 0 Å². The predicted molar refractivity (Wildman–Crippen MR) is 137 cm³/mol. The summed E-state index contributed by atoms with van der Waals surface area (Å²) in [6.07, 6.45) is 3.27. The second-order valence-electron chi connectivity index (χ2n) is 9.29. The van der Waals surface area contributed by atoms with Crippen LogP contribution in [0.3, 0.4) is 0 Å². The summed E-state index contributed by atoms with van der Waals surface area (Å²) in [6, 6.07) is 18.6. The fraction of sp³-hybridized carbons (Fsp3) is 0.370. The molecule has 2 amide bonds. The molecule has 2 aromatic carbocycles. The van der Waals surface area contributed by atoms with Crippen LogP contribution in [0.4, 0.5) is 4.79 Å². The molecular formula is C27H30BN3O6. The minimum Gasteiger partial charge on any atom is -0.449 e. The van der Waals surface area contributed by atoms with Crippen LogP contribution in [0.1, 0.15) is 29.5 Å². The van der Waals surface area contributed by atoms with Crippen molar-refractivity contribution in [2.24, 2.45) is 0 Å². The van der Waals surface area contributed by atoms with Gasteiger partial charge in [-0.3, -0.25) is 4.79 Å². The molecule has 0 aliphatic carbocycles. The molecule has 0 radical (unpaired) electrons. The Kier molecular flexibility index (Phi) is 8.96. The van der Waals surface area contributed by atoms with Crippen molar-refractivity contribution >= 4 is 25.2 Å². The molecule has 0 aromatic heterocycles. The smallest absolute Gasteiger partial charge is 0.449 e. The third kappa shape index (κ3) is 6.98. The molecule has 0 spiro atoms. The minimum atomic E-state index is -1.74. The van der Waals surface area contributed by atoms with Gasteiger partial charge in [-0.05, 0) is 42.0 Å². The number of amides is 2. The van der Waals surface area contributed by atoms with E-state index in [1.165, 1.54) is 0 Å². The number of nitriles is 1. The van der Waals surface area contributed by atoms with E-state index in [0.29, 0.717) is 25.2 Å². The molecule has 10 heteroatoms. The van der Waals surface area contributed by atoms with Crippen LogP contribution in [-0.4, -0.2) is 71.9 Å². The molecule has 2 heterocycles. The van der Waals surface area contributed by atoms with Gasteiger partial charge in [-0.25, -0.2) is 4.79 Å². The second-order valence-corrected chi connectivity index (χ2v) is 9.29. The molecule has 0 saturated carbocycles. The molecule has 2 saturated heterocycles. The number of alkyl carbamates (subject to hydrolysis) is 1. The number of nitrogens with zero attached hydrogens (tertiary/aromatic N) is 2. The number of hydrogen-bond donors (Lipinski definition) is 3. The zero-order valence-electron chi connectivity index (χ0n) is 20.5. The van der Waals surface area contributed by atoms with Crippen LogP contribution < -0.4 is 5.32 Å². The summed E-state index contributed by atoms with van der Waals surface area (Å²) < 4.78 is 10.8. The second kappa shape index (κ2) is 12.5. The first kappa shape index (κ1) is 26.4. The first-order valence-electron chi connectivity index (χ1n) is 12.4. The molecule has 3 atom stereocenters. The minimum absolute atomic E-state index is 0.0249. The van der Waals surface area contributed by atoms with E-state index in [-0.39, 0.29) is 36.6 Å². The summed E-state index contributed by atoms with van der Waals surface area (Å²) in [5, 5.41) is 31.4. The lowest BCUT2D eigenvalue weighted by Gasteiger charge is -2.34. The van der Waals surface area contributed by atoms with Crippen LogP contribution in [0.25, 0.3) is 6.08 Å². The Hall–Kier alpha value is -3.65. The summed E-state index contributed by atoms with van der Waals surface area (Å²) in [5.74, 6) is -1.17. The molecule has 9 nitrogen and oxygen atoms in total. The first-order chi connectivity index (χ1) is 17.9. The Labute approximate surface area is 216 Å². The summed E-state index contributed by atoms with van der Waals surface area (Å²) in [7, 11) is -1.74. The molecule has 3 N–H and O–H groups in total. The SMILES string of the molecule is N#CC(=Cc1cccc(CCOC(=O)N[C@@H](Cc2ccccc2)B(O)O)c1)C(=O)N1C2CCC1COC2. The van der Waals surface area contributed by atoms with Gasteiger partial charge in [0, 0.05) is 6.42 Å². The highest BCUT2D eigenvalue weighted by molar-refractivity contribution is 6.43. The Morgan fingerprint density at radius 3 is 2.51 bits per heavy atom. The van der Waals surface area contributed by atoms with E-state index < -0.39 is 19.2 Å². The molecule has 2 aliphatic rings. The number of ether oxygens (including phenoxy) is 2. The van der Waals surface area contributed by atoms with Gasteiger partial charge in [0.2, 0.25) is 0 Å². The van der Waals surface area contributed by atoms with Crippen LogP contribution in [0.2, 0.25) is 0 Å². The predicted octanol–water partition coefficient (Wildman–Crippen LogP) is 1.88. The van der Waals surface area contributed by atoms with E-state index in [9.17, 15) is 24.9 Å². The van der Waals surface area contributed by atoms with E-state index in [2.05, 4.69) is 5.32 Å². The van der Waals surface area contributed by atoms with Crippen molar-refractivity contribution in [1.29, 1.82) is 5.26 Å². The van der Waals surface area contributed by atoms with Crippen molar-refractivity contribution < 1.29 is 29.1 Å². The summed E-state index contributed by atoms with van der Waals surface area (Å²) in [6.45, 7) is 1.09. The maximum absolute atomic E-state index is 13.1. The highest BCUT2D eigenvalue weighted by atomic mass is 16.5. The molecule has 192 valence electrons. The summed E-state index contributed by atoms with van der Waals surface area (Å²) in [4.78, 5) is 27.1. The van der Waals surface area contributed by atoms with E-state index in [0.717, 1.165) is 24.0 Å². The Bertz CT molecular complexity index is 1150. The van der Waals surface area contributed by atoms with E-state index in [1.807, 2.05) is 60.7 Å². The van der Waals surface area contributed by atoms with Crippen molar-refractivity contribution in [2.75, 3.05) is 19.8 Å². The number of benzene rings is 2. The van der Waals surface area contributed by atoms with Crippen LogP contribution in [-0.2, 0) is 27.1 Å². The van der Waals surface area contributed by atoms with Crippen LogP contribution in [0.5, 0.6) is 0 Å². The van der Waals surface area contributed by atoms with E-state index in [4.69, 9.17) is 9.47 Å². The van der Waals surface area contributed by atoms with E-state index in [1.54, 1.807) is 11.0 Å². The monoisotopic (exact) mass is 503 g/mol. The standard InChI is InChI=1S/C27H30BN3O6/c29-16-22(26(32)31-23-9-10-24(31)18-36-17-23)14-21-8-4-7-20(13-21)11-12-37-27(33)30-25(28(34)35)15-19-5-2-1-3-6-19/h1-8,13-14,23-25,34-35H,9-12,15,17-18H2,(H,30,33)/t23?,24?,25-/m0/s1. The Morgan fingerprint density at radius 2 is 1.84 bits per heavy atom. The van der Waals surface area contributed by atoms with Crippen molar-refractivity contribution in [2.45, 2.75) is 43.7 Å². The quantitative estimate of drug-likeness (QED) is 0.271. The molecule has 2 unspecified atom stereocenters. The zero-order chi connectivity index (χ0) is 26.2. The van der Waals surface area contributed by atoms with Gasteiger partial charge in [0.15, 0.2) is 0 Å². The lowest BCUT2D eigenvalue weighted by Crippen LogP contribution is -2.49. The first-order valence-corrected chi connectivity index (χ1v) is 12.4. The van der Waals surface area contributed by atoms with Gasteiger partial charge in [-0.15, -0.1) is 0 Å². The van der Waals surface area contributed by atoms with Crippen LogP contribution in [0.15, 0.2) is 60.2 Å². The molecule has 37 heavy (non-hydrogen) atoms. The normalized spacial score (nSPS) is 19.6. The van der Waals surface area contributed by atoms with Crippen molar-refractivity contribution in [1.82, 2.24) is 10.2 Å². The Balaban J connectivity index is 1.31. The summed E-state index contributed by atoms with van der Waals surface area (Å²) in [5.41, 5.74) is 2.50. The van der Waals surface area contributed by atoms with Crippen LogP contribution >= 0.6 is 0 Å². The number of hydrogen-bond acceptors (Lipinski definition) is 7. The van der Waals surface area contributed by atoms with Gasteiger partial charge in [-0.1, -0.05) is 54.6 Å². The lowest BCUT2D eigenvalue weighted by molar-refractivity contribution is -0.136. The third-order valence-corrected chi connectivity index (χ3v) is 6.67. The van der Waals surface area contributed by atoms with Crippen molar-refractivity contribution in [3.8, 4) is 6.07 Å². The Morgan fingerprint density at radius 1 is 1.14 bits per heavy atom. The van der Waals surface area contributed by atoms with Gasteiger partial charge < -0.3 is 29.7 Å². The van der Waals surface area contributed by atoms with Gasteiger partial charge in [-0.2, -0.15) is 5.26 Å². The average molecular weight is 503 g/mol. The third-order valence-electron chi connectivity index (χ3n) is 6.67. The summed E-state index contributed by atoms with van der Waals surface area (Å²) >= 11 is 0. The topological polar surface area (TPSA) is 132 Å². The highest BCUT2D eigenvalue weighted by Gasteiger charge is 2.41. The maximum Gasteiger partial charge on any atom is 0.475 e. The average Bonchev–Trinajstić information content (AvgIpc) is 3.15. The van der Waals surface area contributed by atoms with Gasteiger partial charge >= 0.3 is 13.2 Å². The van der Waals surface area contributed by atoms with E-state index >= 15 is 0 Å². The number of nitrogens with one attached hydrogen (secondary N) is 1. The number of fused-ring (bicyclic) bond motifs is 2.